The van der Waals surface area contributed by atoms with Gasteiger partial charge in [0.1, 0.15) is 5.75 Å². The third kappa shape index (κ3) is 10.0. The van der Waals surface area contributed by atoms with Gasteiger partial charge < -0.3 is 5.11 Å². The van der Waals surface area contributed by atoms with Gasteiger partial charge in [-0.05, 0) is 24.5 Å². The van der Waals surface area contributed by atoms with Crippen LogP contribution in [0.5, 0.6) is 5.75 Å². The van der Waals surface area contributed by atoms with Crippen molar-refractivity contribution in [3.8, 4) is 5.75 Å². The van der Waals surface area contributed by atoms with Crippen LogP contribution in [0, 0.1) is 0 Å². The van der Waals surface area contributed by atoms with Crippen LogP contribution in [0.2, 0.25) is 0 Å². The molecule has 1 atom stereocenters. The van der Waals surface area contributed by atoms with E-state index >= 15 is 0 Å². The summed E-state index contributed by atoms with van der Waals surface area (Å²) >= 11 is 0. The van der Waals surface area contributed by atoms with Crippen molar-refractivity contribution < 1.29 is 5.11 Å². The lowest BCUT2D eigenvalue weighted by atomic mass is 9.97. The summed E-state index contributed by atoms with van der Waals surface area (Å²) in [6.07, 6.45) is 21.0. The van der Waals surface area contributed by atoms with E-state index < -0.39 is 0 Å². The molecule has 1 rings (SSSR count). The van der Waals surface area contributed by atoms with Crippen LogP contribution in [0.1, 0.15) is 114 Å². The highest BCUT2D eigenvalue weighted by Gasteiger charge is 2.07. The molecule has 0 fully saturated rings. The van der Waals surface area contributed by atoms with E-state index in [9.17, 15) is 5.11 Å². The molecule has 0 aromatic heterocycles. The Morgan fingerprint density at radius 1 is 0.846 bits per heavy atom. The van der Waals surface area contributed by atoms with Crippen molar-refractivity contribution in [3.63, 3.8) is 0 Å². The fourth-order valence-corrected chi connectivity index (χ4v) is 3.60. The highest BCUT2D eigenvalue weighted by atomic mass is 16.3. The minimum absolute atomic E-state index is 0.209. The van der Waals surface area contributed by atoms with E-state index in [-0.39, 0.29) is 5.92 Å². The normalized spacial score (nSPS) is 12.2. The van der Waals surface area contributed by atoms with Crippen molar-refractivity contribution in [2.75, 3.05) is 0 Å². The van der Waals surface area contributed by atoms with E-state index in [1.165, 1.54) is 89.0 Å². The van der Waals surface area contributed by atoms with Crippen molar-refractivity contribution in [1.82, 2.24) is 0 Å². The second-order valence-corrected chi connectivity index (χ2v) is 7.91. The zero-order chi connectivity index (χ0) is 19.0. The first-order chi connectivity index (χ1) is 12.7. The molecule has 1 unspecified atom stereocenters. The Hall–Kier alpha value is -1.24. The van der Waals surface area contributed by atoms with Crippen molar-refractivity contribution >= 4 is 0 Å². The Kier molecular flexibility index (Phi) is 13.0. The van der Waals surface area contributed by atoms with E-state index in [4.69, 9.17) is 0 Å². The molecule has 0 heterocycles. The lowest BCUT2D eigenvalue weighted by Gasteiger charge is -2.11. The monoisotopic (exact) mass is 358 g/mol. The molecule has 0 spiro atoms. The molecule has 0 amide bonds. The van der Waals surface area contributed by atoms with Gasteiger partial charge >= 0.3 is 0 Å². The number of phenols is 1. The average Bonchev–Trinajstić information content (AvgIpc) is 2.65. The van der Waals surface area contributed by atoms with Gasteiger partial charge in [-0.1, -0.05) is 109 Å². The van der Waals surface area contributed by atoms with Gasteiger partial charge in [0.25, 0.3) is 0 Å². The van der Waals surface area contributed by atoms with Gasteiger partial charge in [-0.2, -0.15) is 0 Å². The Balaban J connectivity index is 1.99. The lowest BCUT2D eigenvalue weighted by molar-refractivity contribution is 0.465. The minimum Gasteiger partial charge on any atom is -0.508 e. The van der Waals surface area contributed by atoms with Crippen molar-refractivity contribution in [2.24, 2.45) is 0 Å². The maximum absolute atomic E-state index is 10.1. The number of unbranched alkanes of at least 4 members (excludes halogenated alkanes) is 12. The van der Waals surface area contributed by atoms with E-state index in [1.807, 2.05) is 12.1 Å². The van der Waals surface area contributed by atoms with Gasteiger partial charge in [0.05, 0.1) is 0 Å². The summed E-state index contributed by atoms with van der Waals surface area (Å²) in [6, 6.07) is 6.16. The van der Waals surface area contributed by atoms with Crippen LogP contribution in [-0.2, 0) is 6.42 Å². The average molecular weight is 359 g/mol. The molecule has 0 bridgehead atoms. The van der Waals surface area contributed by atoms with Crippen LogP contribution in [-0.4, -0.2) is 5.11 Å². The molecule has 1 aromatic carbocycles. The van der Waals surface area contributed by atoms with Crippen LogP contribution in [0.3, 0.4) is 0 Å². The summed E-state index contributed by atoms with van der Waals surface area (Å²) in [7, 11) is 0. The van der Waals surface area contributed by atoms with E-state index in [0.29, 0.717) is 5.75 Å². The molecule has 26 heavy (non-hydrogen) atoms. The van der Waals surface area contributed by atoms with Crippen molar-refractivity contribution in [3.05, 3.63) is 42.0 Å². The Morgan fingerprint density at radius 2 is 1.35 bits per heavy atom. The fraction of sp³-hybridized carbons (Fsp3) is 0.680. The number of aromatic hydroxyl groups is 1. The van der Waals surface area contributed by atoms with Crippen LogP contribution < -0.4 is 0 Å². The molecule has 0 aliphatic carbocycles. The molecule has 0 radical (unpaired) electrons. The topological polar surface area (TPSA) is 20.2 Å². The largest absolute Gasteiger partial charge is 0.508 e. The first-order valence-electron chi connectivity index (χ1n) is 11.1. The number of phenolic OH excluding ortho intramolecular Hbond substituents is 1. The molecule has 148 valence electrons. The number of benzene rings is 1. The van der Waals surface area contributed by atoms with Crippen LogP contribution in [0.25, 0.3) is 0 Å². The molecule has 1 N–H and O–H groups in total. The van der Waals surface area contributed by atoms with Gasteiger partial charge in [0.2, 0.25) is 0 Å². The maximum atomic E-state index is 10.1. The van der Waals surface area contributed by atoms with Gasteiger partial charge in [-0.25, -0.2) is 0 Å². The predicted molar refractivity (Wildman–Crippen MR) is 116 cm³/mol. The summed E-state index contributed by atoms with van der Waals surface area (Å²) in [4.78, 5) is 0. The molecule has 1 nitrogen and oxygen atoms in total. The Morgan fingerprint density at radius 3 is 1.81 bits per heavy atom. The third-order valence-electron chi connectivity index (χ3n) is 5.51. The molecule has 0 saturated heterocycles. The maximum Gasteiger partial charge on any atom is 0.119 e. The number of allylic oxidation sites excluding steroid dienone is 1. The van der Waals surface area contributed by atoms with E-state index in [0.717, 1.165) is 12.0 Å². The molecular weight excluding hydrogens is 316 g/mol. The van der Waals surface area contributed by atoms with Crippen LogP contribution in [0.4, 0.5) is 0 Å². The number of hydrogen-bond acceptors (Lipinski definition) is 1. The number of rotatable bonds is 16. The van der Waals surface area contributed by atoms with Crippen LogP contribution in [0.15, 0.2) is 30.9 Å². The zero-order valence-electron chi connectivity index (χ0n) is 17.4. The fourth-order valence-electron chi connectivity index (χ4n) is 3.60. The molecule has 0 aliphatic heterocycles. The minimum atomic E-state index is 0.209. The molecule has 1 heteroatoms. The van der Waals surface area contributed by atoms with Crippen molar-refractivity contribution in [1.29, 1.82) is 0 Å². The number of hydrogen-bond donors (Lipinski definition) is 1. The first kappa shape index (κ1) is 22.8. The lowest BCUT2D eigenvalue weighted by Crippen LogP contribution is -1.92. The van der Waals surface area contributed by atoms with Gasteiger partial charge in [0, 0.05) is 11.5 Å². The summed E-state index contributed by atoms with van der Waals surface area (Å²) in [5.41, 5.74) is 2.24. The first-order valence-corrected chi connectivity index (χ1v) is 11.1. The smallest absolute Gasteiger partial charge is 0.119 e. The Bertz CT molecular complexity index is 477. The summed E-state index contributed by atoms with van der Waals surface area (Å²) in [6.45, 7) is 8.15. The van der Waals surface area contributed by atoms with Gasteiger partial charge in [-0.15, -0.1) is 6.58 Å². The quantitative estimate of drug-likeness (QED) is 0.233. The van der Waals surface area contributed by atoms with Crippen molar-refractivity contribution in [2.45, 2.75) is 110 Å². The predicted octanol–water partition coefficient (Wildman–Crippen LogP) is 8.32. The third-order valence-corrected chi connectivity index (χ3v) is 5.51. The number of aryl methyl sites for hydroxylation is 1. The zero-order valence-corrected chi connectivity index (χ0v) is 17.4. The molecule has 0 aliphatic rings. The summed E-state index contributed by atoms with van der Waals surface area (Å²) in [5, 5.41) is 10.1. The molecule has 1 aromatic rings. The highest BCUT2D eigenvalue weighted by Crippen LogP contribution is 2.27. The second kappa shape index (κ2) is 14.9. The Labute approximate surface area is 162 Å². The van der Waals surface area contributed by atoms with E-state index in [2.05, 4.69) is 32.6 Å². The SMILES string of the molecule is C=CC(C)c1ccc(CCCCCCCCCCCCCCC)cc1O. The summed E-state index contributed by atoms with van der Waals surface area (Å²) < 4.78 is 0. The standard InChI is InChI=1S/C25H42O/c1-4-6-7-8-9-10-11-12-13-14-15-16-17-18-23-19-20-24(22(3)5-2)25(26)21-23/h5,19-22,26H,2,4,6-18H2,1,3H3. The summed E-state index contributed by atoms with van der Waals surface area (Å²) in [5.74, 6) is 0.630. The van der Waals surface area contributed by atoms with Crippen LogP contribution >= 0.6 is 0 Å². The molecule has 0 saturated carbocycles. The van der Waals surface area contributed by atoms with E-state index in [1.54, 1.807) is 0 Å². The highest BCUT2D eigenvalue weighted by molar-refractivity contribution is 5.40. The second-order valence-electron chi connectivity index (χ2n) is 7.91. The van der Waals surface area contributed by atoms with Gasteiger partial charge in [0.15, 0.2) is 0 Å². The van der Waals surface area contributed by atoms with Gasteiger partial charge in [-0.3, -0.25) is 0 Å². The molecular formula is C25H42O.